The zero-order valence-electron chi connectivity index (χ0n) is 11.4. The van der Waals surface area contributed by atoms with E-state index in [9.17, 15) is 4.79 Å². The van der Waals surface area contributed by atoms with Gasteiger partial charge in [0.1, 0.15) is 0 Å². The number of fused-ring (bicyclic) bond motifs is 1. The van der Waals surface area contributed by atoms with Crippen LogP contribution in [0.1, 0.15) is 17.0 Å². The molecule has 0 saturated heterocycles. The van der Waals surface area contributed by atoms with Crippen LogP contribution in [0, 0.1) is 6.92 Å². The molecule has 3 aromatic rings. The number of thioether (sulfide) groups is 1. The predicted molar refractivity (Wildman–Crippen MR) is 90.5 cm³/mol. The van der Waals surface area contributed by atoms with Gasteiger partial charge in [-0.05, 0) is 24.6 Å². The van der Waals surface area contributed by atoms with Gasteiger partial charge in [0.2, 0.25) is 0 Å². The molecule has 1 aromatic carbocycles. The Hall–Kier alpha value is -1.30. The van der Waals surface area contributed by atoms with Crippen molar-refractivity contribution in [1.82, 2.24) is 9.38 Å². The summed E-state index contributed by atoms with van der Waals surface area (Å²) in [7, 11) is 0. The van der Waals surface area contributed by atoms with Gasteiger partial charge in [-0.25, -0.2) is 4.98 Å². The topological polar surface area (TPSA) is 34.4 Å². The highest BCUT2D eigenvalue weighted by Gasteiger charge is 2.06. The summed E-state index contributed by atoms with van der Waals surface area (Å²) < 4.78 is 1.65. The zero-order chi connectivity index (χ0) is 14.8. The number of halogens is 1. The van der Waals surface area contributed by atoms with Gasteiger partial charge in [0.05, 0.1) is 5.69 Å². The fourth-order valence-corrected chi connectivity index (χ4v) is 3.93. The van der Waals surface area contributed by atoms with E-state index in [1.165, 1.54) is 16.9 Å². The van der Waals surface area contributed by atoms with Crippen LogP contribution in [0.5, 0.6) is 0 Å². The van der Waals surface area contributed by atoms with Crippen LogP contribution in [0.15, 0.2) is 40.5 Å². The minimum absolute atomic E-state index is 0.000780. The Morgan fingerprint density at radius 1 is 1.29 bits per heavy atom. The molecule has 0 bridgehead atoms. The van der Waals surface area contributed by atoms with Crippen molar-refractivity contribution >= 4 is 39.7 Å². The molecule has 0 spiro atoms. The summed E-state index contributed by atoms with van der Waals surface area (Å²) in [6, 6.07) is 9.44. The molecule has 0 aliphatic heterocycles. The standard InChI is InChI=1S/C15H13ClN2OS2/c1-10-7-21-15-17-13(6-14(19)18(10)15)9-20-8-11-2-4-12(16)5-3-11/h2-7H,8-9H2,1H3. The SMILES string of the molecule is Cc1csc2nc(CSCc3ccc(Cl)cc3)cc(=O)n12. The van der Waals surface area contributed by atoms with E-state index < -0.39 is 0 Å². The fourth-order valence-electron chi connectivity index (χ4n) is 2.03. The molecule has 3 rings (SSSR count). The molecule has 0 saturated carbocycles. The zero-order valence-corrected chi connectivity index (χ0v) is 13.8. The van der Waals surface area contributed by atoms with Crippen molar-refractivity contribution in [2.45, 2.75) is 18.4 Å². The van der Waals surface area contributed by atoms with Crippen molar-refractivity contribution in [3.05, 3.63) is 68.0 Å². The Bertz CT molecular complexity index is 824. The van der Waals surface area contributed by atoms with E-state index >= 15 is 0 Å². The number of nitrogens with zero attached hydrogens (tertiary/aromatic N) is 2. The quantitative estimate of drug-likeness (QED) is 0.717. The first-order valence-corrected chi connectivity index (χ1v) is 8.84. The van der Waals surface area contributed by atoms with Crippen LogP contribution in [0.2, 0.25) is 5.02 Å². The number of hydrogen-bond acceptors (Lipinski definition) is 4. The lowest BCUT2D eigenvalue weighted by molar-refractivity contribution is 0.997. The number of aryl methyl sites for hydroxylation is 1. The highest BCUT2D eigenvalue weighted by molar-refractivity contribution is 7.97. The van der Waals surface area contributed by atoms with Crippen LogP contribution < -0.4 is 5.56 Å². The molecule has 0 fully saturated rings. The Morgan fingerprint density at radius 2 is 2.05 bits per heavy atom. The number of aromatic nitrogens is 2. The highest BCUT2D eigenvalue weighted by atomic mass is 35.5. The van der Waals surface area contributed by atoms with Crippen LogP contribution in [0.3, 0.4) is 0 Å². The van der Waals surface area contributed by atoms with Crippen molar-refractivity contribution in [2.75, 3.05) is 0 Å². The average molecular weight is 337 g/mol. The lowest BCUT2D eigenvalue weighted by Crippen LogP contribution is -2.14. The minimum Gasteiger partial charge on any atom is -0.269 e. The molecule has 0 radical (unpaired) electrons. The van der Waals surface area contributed by atoms with Crippen molar-refractivity contribution < 1.29 is 0 Å². The molecule has 2 heterocycles. The minimum atomic E-state index is 0.000780. The molecule has 3 nitrogen and oxygen atoms in total. The Morgan fingerprint density at radius 3 is 2.81 bits per heavy atom. The van der Waals surface area contributed by atoms with Crippen molar-refractivity contribution in [1.29, 1.82) is 0 Å². The number of benzene rings is 1. The third-order valence-corrected chi connectivity index (χ3v) is 5.29. The molecule has 21 heavy (non-hydrogen) atoms. The van der Waals surface area contributed by atoms with E-state index in [1.807, 2.05) is 36.6 Å². The first kappa shape index (κ1) is 14.6. The van der Waals surface area contributed by atoms with E-state index in [1.54, 1.807) is 22.2 Å². The van der Waals surface area contributed by atoms with Gasteiger partial charge >= 0.3 is 0 Å². The van der Waals surface area contributed by atoms with E-state index in [4.69, 9.17) is 11.6 Å². The van der Waals surface area contributed by atoms with Crippen LogP contribution in [-0.4, -0.2) is 9.38 Å². The third kappa shape index (κ3) is 3.31. The lowest BCUT2D eigenvalue weighted by atomic mass is 10.2. The monoisotopic (exact) mass is 336 g/mol. The van der Waals surface area contributed by atoms with E-state index in [2.05, 4.69) is 4.98 Å². The maximum Gasteiger partial charge on any atom is 0.258 e. The predicted octanol–water partition coefficient (Wildman–Crippen LogP) is 4.15. The molecule has 0 aliphatic carbocycles. The molecule has 0 aliphatic rings. The maximum atomic E-state index is 12.1. The second-order valence-electron chi connectivity index (χ2n) is 4.70. The van der Waals surface area contributed by atoms with Gasteiger partial charge in [-0.1, -0.05) is 23.7 Å². The molecule has 2 aromatic heterocycles. The average Bonchev–Trinajstić information content (AvgIpc) is 2.83. The molecule has 6 heteroatoms. The number of thiazole rings is 1. The second-order valence-corrected chi connectivity index (χ2v) is 6.96. The van der Waals surface area contributed by atoms with Gasteiger partial charge in [-0.2, -0.15) is 11.8 Å². The first-order chi connectivity index (χ1) is 10.1. The first-order valence-electron chi connectivity index (χ1n) is 6.42. The van der Waals surface area contributed by atoms with Crippen LogP contribution in [-0.2, 0) is 11.5 Å². The molecule has 0 N–H and O–H groups in total. The van der Waals surface area contributed by atoms with Gasteiger partial charge < -0.3 is 0 Å². The van der Waals surface area contributed by atoms with Gasteiger partial charge in [-0.3, -0.25) is 9.20 Å². The molecule has 108 valence electrons. The fraction of sp³-hybridized carbons (Fsp3) is 0.200. The summed E-state index contributed by atoms with van der Waals surface area (Å²) >= 11 is 9.11. The van der Waals surface area contributed by atoms with E-state index in [0.29, 0.717) is 0 Å². The van der Waals surface area contributed by atoms with Crippen LogP contribution >= 0.6 is 34.7 Å². The molecule has 0 amide bonds. The molecular weight excluding hydrogens is 324 g/mol. The number of hydrogen-bond donors (Lipinski definition) is 0. The number of rotatable bonds is 4. The Labute approximate surface area is 135 Å². The molecule has 0 unspecified atom stereocenters. The highest BCUT2D eigenvalue weighted by Crippen LogP contribution is 2.19. The third-order valence-electron chi connectivity index (χ3n) is 3.06. The molecular formula is C15H13ClN2OS2. The summed E-state index contributed by atoms with van der Waals surface area (Å²) in [5, 5.41) is 2.70. The Kier molecular flexibility index (Phi) is 4.33. The lowest BCUT2D eigenvalue weighted by Gasteiger charge is -2.03. The van der Waals surface area contributed by atoms with Gasteiger partial charge in [0.15, 0.2) is 4.96 Å². The summed E-state index contributed by atoms with van der Waals surface area (Å²) in [5.41, 5.74) is 2.99. The van der Waals surface area contributed by atoms with Crippen molar-refractivity contribution in [3.63, 3.8) is 0 Å². The van der Waals surface area contributed by atoms with Crippen molar-refractivity contribution in [2.24, 2.45) is 0 Å². The summed E-state index contributed by atoms with van der Waals surface area (Å²) in [6.07, 6.45) is 0. The summed E-state index contributed by atoms with van der Waals surface area (Å²) in [5.74, 6) is 1.60. The van der Waals surface area contributed by atoms with Gasteiger partial charge in [0.25, 0.3) is 5.56 Å². The second kappa shape index (κ2) is 6.22. The van der Waals surface area contributed by atoms with Gasteiger partial charge in [0, 0.05) is 33.7 Å². The summed E-state index contributed by atoms with van der Waals surface area (Å²) in [4.78, 5) is 17.4. The summed E-state index contributed by atoms with van der Waals surface area (Å²) in [6.45, 7) is 1.92. The Balaban J connectivity index is 1.71. The molecule has 0 atom stereocenters. The van der Waals surface area contributed by atoms with Gasteiger partial charge in [-0.15, -0.1) is 11.3 Å². The normalized spacial score (nSPS) is 11.1. The van der Waals surface area contributed by atoms with Crippen LogP contribution in [0.25, 0.3) is 4.96 Å². The largest absolute Gasteiger partial charge is 0.269 e. The maximum absolute atomic E-state index is 12.1. The smallest absolute Gasteiger partial charge is 0.258 e. The van der Waals surface area contributed by atoms with E-state index in [-0.39, 0.29) is 5.56 Å². The van der Waals surface area contributed by atoms with Crippen LogP contribution in [0.4, 0.5) is 0 Å². The van der Waals surface area contributed by atoms with E-state index in [0.717, 1.165) is 32.9 Å². The van der Waals surface area contributed by atoms with Crippen molar-refractivity contribution in [3.8, 4) is 0 Å².